The molecule has 0 saturated carbocycles. The minimum Gasteiger partial charge on any atom is -0.462 e. The Hall–Kier alpha value is -2.32. The second-order valence-corrected chi connectivity index (χ2v) is 6.53. The van der Waals surface area contributed by atoms with E-state index < -0.39 is 66.2 Å². The Bertz CT molecular complexity index is 973. The van der Waals surface area contributed by atoms with E-state index in [-0.39, 0.29) is 11.1 Å². The molecule has 0 bridgehead atoms. The van der Waals surface area contributed by atoms with Gasteiger partial charge >= 0.3 is 17.7 Å². The predicted molar refractivity (Wildman–Crippen MR) is 86.8 cm³/mol. The number of aliphatic hydroxyl groups excluding tert-OH is 4. The molecule has 0 amide bonds. The van der Waals surface area contributed by atoms with Crippen LogP contribution in [-0.4, -0.2) is 63.9 Å². The Labute approximate surface area is 163 Å². The maximum absolute atomic E-state index is 13.5. The first kappa shape index (κ1) is 22.4. The van der Waals surface area contributed by atoms with Crippen LogP contribution in [0.1, 0.15) is 5.56 Å². The molecule has 8 nitrogen and oxygen atoms in total. The molecular formula is C17H15F5O8. The summed E-state index contributed by atoms with van der Waals surface area (Å²) < 4.78 is 79.6. The molecule has 1 aliphatic rings. The first-order valence-corrected chi connectivity index (χ1v) is 8.37. The number of alkyl halides is 5. The van der Waals surface area contributed by atoms with Crippen molar-refractivity contribution in [3.05, 3.63) is 40.2 Å². The van der Waals surface area contributed by atoms with E-state index in [1.54, 1.807) is 0 Å². The Morgan fingerprint density at radius 3 is 2.27 bits per heavy atom. The van der Waals surface area contributed by atoms with Gasteiger partial charge in [0.2, 0.25) is 6.29 Å². The van der Waals surface area contributed by atoms with Crippen LogP contribution >= 0.6 is 0 Å². The van der Waals surface area contributed by atoms with Gasteiger partial charge in [-0.25, -0.2) is 4.79 Å². The molecule has 2 heterocycles. The van der Waals surface area contributed by atoms with Gasteiger partial charge < -0.3 is 34.3 Å². The zero-order chi connectivity index (χ0) is 22.4. The van der Waals surface area contributed by atoms with Gasteiger partial charge in [0, 0.05) is 11.5 Å². The SMILES string of the molecule is O=c1oc2cc(O[C@@H]3O[C@H](CO)[C@@H](O)[C@H](O)[C@H]3O)ccc2cc1C(F)(F)C(F)(F)F. The van der Waals surface area contributed by atoms with Crippen LogP contribution < -0.4 is 10.4 Å². The third kappa shape index (κ3) is 3.86. The van der Waals surface area contributed by atoms with Crippen LogP contribution in [0.15, 0.2) is 33.5 Å². The molecule has 4 N–H and O–H groups in total. The van der Waals surface area contributed by atoms with Crippen molar-refractivity contribution in [2.45, 2.75) is 42.8 Å². The van der Waals surface area contributed by atoms with Crippen LogP contribution in [0.4, 0.5) is 22.0 Å². The van der Waals surface area contributed by atoms with Gasteiger partial charge in [0.05, 0.1) is 6.61 Å². The van der Waals surface area contributed by atoms with Crippen molar-refractivity contribution in [1.82, 2.24) is 0 Å². The van der Waals surface area contributed by atoms with Crippen LogP contribution in [0, 0.1) is 0 Å². The van der Waals surface area contributed by atoms with E-state index in [9.17, 15) is 42.1 Å². The zero-order valence-corrected chi connectivity index (χ0v) is 14.7. The van der Waals surface area contributed by atoms with Crippen molar-refractivity contribution < 1.29 is 56.3 Å². The monoisotopic (exact) mass is 442 g/mol. The summed E-state index contributed by atoms with van der Waals surface area (Å²) in [5.41, 5.74) is -4.19. The molecule has 0 aliphatic carbocycles. The zero-order valence-electron chi connectivity index (χ0n) is 14.7. The number of rotatable bonds is 4. The van der Waals surface area contributed by atoms with Crippen LogP contribution in [-0.2, 0) is 10.7 Å². The number of ether oxygens (including phenoxy) is 2. The Morgan fingerprint density at radius 1 is 1.00 bits per heavy atom. The lowest BCUT2D eigenvalue weighted by Gasteiger charge is -2.39. The second kappa shape index (κ2) is 7.74. The fraction of sp³-hybridized carbons (Fsp3) is 0.471. The van der Waals surface area contributed by atoms with Gasteiger partial charge in [0.15, 0.2) is 0 Å². The maximum Gasteiger partial charge on any atom is 0.458 e. The molecule has 30 heavy (non-hydrogen) atoms. The topological polar surface area (TPSA) is 130 Å². The molecule has 0 spiro atoms. The number of benzene rings is 1. The first-order valence-electron chi connectivity index (χ1n) is 8.37. The maximum atomic E-state index is 13.5. The minimum absolute atomic E-state index is 0.176. The largest absolute Gasteiger partial charge is 0.462 e. The van der Waals surface area contributed by atoms with E-state index in [4.69, 9.17) is 14.6 Å². The molecule has 166 valence electrons. The average molecular weight is 442 g/mol. The molecule has 3 rings (SSSR count). The molecule has 1 fully saturated rings. The minimum atomic E-state index is -6.00. The quantitative estimate of drug-likeness (QED) is 0.401. The molecular weight excluding hydrogens is 427 g/mol. The number of aliphatic hydroxyl groups is 4. The van der Waals surface area contributed by atoms with E-state index in [2.05, 4.69) is 4.42 Å². The average Bonchev–Trinajstić information content (AvgIpc) is 2.66. The third-order valence-corrected chi connectivity index (χ3v) is 4.50. The summed E-state index contributed by atoms with van der Waals surface area (Å²) in [6.07, 6.45) is -14.0. The van der Waals surface area contributed by atoms with Crippen LogP contribution in [0.2, 0.25) is 0 Å². The van der Waals surface area contributed by atoms with Crippen molar-refractivity contribution in [2.75, 3.05) is 6.61 Å². The summed E-state index contributed by atoms with van der Waals surface area (Å²) in [4.78, 5) is 11.7. The van der Waals surface area contributed by atoms with Crippen molar-refractivity contribution in [3.8, 4) is 5.75 Å². The van der Waals surface area contributed by atoms with Gasteiger partial charge in [0.25, 0.3) is 0 Å². The van der Waals surface area contributed by atoms with Crippen molar-refractivity contribution in [3.63, 3.8) is 0 Å². The van der Waals surface area contributed by atoms with Gasteiger partial charge in [-0.15, -0.1) is 0 Å². The summed E-state index contributed by atoms with van der Waals surface area (Å²) in [7, 11) is 0. The lowest BCUT2D eigenvalue weighted by molar-refractivity contribution is -0.290. The lowest BCUT2D eigenvalue weighted by atomic mass is 9.99. The van der Waals surface area contributed by atoms with Crippen molar-refractivity contribution in [2.24, 2.45) is 0 Å². The van der Waals surface area contributed by atoms with Gasteiger partial charge in [-0.2, -0.15) is 22.0 Å². The van der Waals surface area contributed by atoms with Gasteiger partial charge in [-0.05, 0) is 18.2 Å². The number of halogens is 5. The smallest absolute Gasteiger partial charge is 0.458 e. The molecule has 1 aromatic heterocycles. The number of fused-ring (bicyclic) bond motifs is 1. The Kier molecular flexibility index (Phi) is 5.77. The summed E-state index contributed by atoms with van der Waals surface area (Å²) in [6, 6.07) is 3.42. The fourth-order valence-corrected chi connectivity index (χ4v) is 2.84. The summed E-state index contributed by atoms with van der Waals surface area (Å²) in [6.45, 7) is -0.715. The van der Waals surface area contributed by atoms with Crippen LogP contribution in [0.25, 0.3) is 11.0 Å². The van der Waals surface area contributed by atoms with Crippen LogP contribution in [0.5, 0.6) is 5.75 Å². The summed E-state index contributed by atoms with van der Waals surface area (Å²) in [5, 5.41) is 38.3. The lowest BCUT2D eigenvalue weighted by Crippen LogP contribution is -2.60. The van der Waals surface area contributed by atoms with Crippen LogP contribution in [0.3, 0.4) is 0 Å². The van der Waals surface area contributed by atoms with Gasteiger partial charge in [0.1, 0.15) is 41.3 Å². The third-order valence-electron chi connectivity index (χ3n) is 4.50. The normalized spacial score (nSPS) is 28.0. The Morgan fingerprint density at radius 2 is 1.67 bits per heavy atom. The first-order chi connectivity index (χ1) is 13.9. The molecule has 1 aliphatic heterocycles. The van der Waals surface area contributed by atoms with E-state index >= 15 is 0 Å². The Balaban J connectivity index is 1.91. The predicted octanol–water partition coefficient (Wildman–Crippen LogP) is 0.626. The molecule has 13 heteroatoms. The summed E-state index contributed by atoms with van der Waals surface area (Å²) >= 11 is 0. The number of hydrogen-bond donors (Lipinski definition) is 4. The molecule has 0 unspecified atom stereocenters. The number of hydrogen-bond acceptors (Lipinski definition) is 8. The van der Waals surface area contributed by atoms with E-state index in [1.165, 1.54) is 0 Å². The van der Waals surface area contributed by atoms with Crippen molar-refractivity contribution >= 4 is 11.0 Å². The highest BCUT2D eigenvalue weighted by molar-refractivity contribution is 5.78. The summed E-state index contributed by atoms with van der Waals surface area (Å²) in [5.74, 6) is -5.60. The molecule has 0 radical (unpaired) electrons. The van der Waals surface area contributed by atoms with Crippen molar-refractivity contribution in [1.29, 1.82) is 0 Å². The van der Waals surface area contributed by atoms with Gasteiger partial charge in [-0.1, -0.05) is 0 Å². The van der Waals surface area contributed by atoms with E-state index in [1.807, 2.05) is 0 Å². The molecule has 1 saturated heterocycles. The van der Waals surface area contributed by atoms with E-state index in [0.717, 1.165) is 18.2 Å². The highest BCUT2D eigenvalue weighted by atomic mass is 19.4. The standard InChI is InChI=1S/C17H15F5O8/c18-16(19,17(20,21)22)8-3-6-1-2-7(4-9(6)29-14(8)27)28-15-13(26)12(25)11(24)10(5-23)30-15/h1-4,10-13,15,23-26H,5H2/t10-,11-,12+,13-,15-/m1/s1. The van der Waals surface area contributed by atoms with Gasteiger partial charge in [-0.3, -0.25) is 0 Å². The highest BCUT2D eigenvalue weighted by Crippen LogP contribution is 2.43. The fourth-order valence-electron chi connectivity index (χ4n) is 2.84. The van der Waals surface area contributed by atoms with E-state index in [0.29, 0.717) is 6.07 Å². The molecule has 1 aromatic carbocycles. The second-order valence-electron chi connectivity index (χ2n) is 6.53. The highest BCUT2D eigenvalue weighted by Gasteiger charge is 2.60. The molecule has 2 aromatic rings. The molecule has 5 atom stereocenters.